The maximum absolute atomic E-state index is 9.70. The summed E-state index contributed by atoms with van der Waals surface area (Å²) in [6.07, 6.45) is 5.75. The first-order valence-corrected chi connectivity index (χ1v) is 8.30. The molecule has 3 heteroatoms. The van der Waals surface area contributed by atoms with Crippen LogP contribution in [0.2, 0.25) is 0 Å². The second-order valence-electron chi connectivity index (χ2n) is 6.78. The predicted octanol–water partition coefficient (Wildman–Crippen LogP) is 2.92. The summed E-state index contributed by atoms with van der Waals surface area (Å²) in [7, 11) is 0. The van der Waals surface area contributed by atoms with Crippen LogP contribution in [-0.4, -0.2) is 41.3 Å². The van der Waals surface area contributed by atoms with E-state index in [-0.39, 0.29) is 12.2 Å². The van der Waals surface area contributed by atoms with E-state index < -0.39 is 0 Å². The van der Waals surface area contributed by atoms with E-state index in [1.165, 1.54) is 30.4 Å². The lowest BCUT2D eigenvalue weighted by Gasteiger charge is -2.37. The number of benzene rings is 1. The number of ether oxygens (including phenoxy) is 1. The monoisotopic (exact) mass is 289 g/mol. The Kier molecular flexibility index (Phi) is 4.51. The molecule has 1 aromatic carbocycles. The first kappa shape index (κ1) is 14.9. The lowest BCUT2D eigenvalue weighted by molar-refractivity contribution is 0.0579. The van der Waals surface area contributed by atoms with Gasteiger partial charge >= 0.3 is 0 Å². The number of hydrogen-bond donors (Lipinski definition) is 1. The Bertz CT molecular complexity index is 486. The summed E-state index contributed by atoms with van der Waals surface area (Å²) < 4.78 is 6.11. The van der Waals surface area contributed by atoms with E-state index in [1.54, 1.807) is 0 Å². The SMILES string of the molecule is Cc1ccc2c(c1)CC(CN1CCCCC1CC(C)O)O2. The van der Waals surface area contributed by atoms with Crippen LogP contribution in [0.25, 0.3) is 0 Å². The molecule has 21 heavy (non-hydrogen) atoms. The molecule has 3 unspecified atom stereocenters. The average molecular weight is 289 g/mol. The highest BCUT2D eigenvalue weighted by atomic mass is 16.5. The minimum absolute atomic E-state index is 0.208. The second kappa shape index (κ2) is 6.37. The van der Waals surface area contributed by atoms with Crippen molar-refractivity contribution in [2.75, 3.05) is 13.1 Å². The van der Waals surface area contributed by atoms with Gasteiger partial charge in [-0.25, -0.2) is 0 Å². The molecule has 0 amide bonds. The molecule has 1 aromatic rings. The van der Waals surface area contributed by atoms with E-state index in [2.05, 4.69) is 30.0 Å². The van der Waals surface area contributed by atoms with Crippen LogP contribution in [0.4, 0.5) is 0 Å². The number of piperidine rings is 1. The topological polar surface area (TPSA) is 32.7 Å². The summed E-state index contributed by atoms with van der Waals surface area (Å²) in [5.41, 5.74) is 2.66. The van der Waals surface area contributed by atoms with E-state index in [1.807, 2.05) is 6.92 Å². The molecule has 3 nitrogen and oxygen atoms in total. The van der Waals surface area contributed by atoms with E-state index in [0.717, 1.165) is 31.7 Å². The fourth-order valence-corrected chi connectivity index (χ4v) is 3.77. The third-order valence-corrected chi connectivity index (χ3v) is 4.76. The Morgan fingerprint density at radius 3 is 3.05 bits per heavy atom. The van der Waals surface area contributed by atoms with Crippen molar-refractivity contribution in [2.24, 2.45) is 0 Å². The molecule has 0 radical (unpaired) electrons. The Labute approximate surface area is 127 Å². The van der Waals surface area contributed by atoms with Gasteiger partial charge in [0.15, 0.2) is 0 Å². The summed E-state index contributed by atoms with van der Waals surface area (Å²) in [6.45, 7) is 6.17. The third kappa shape index (κ3) is 3.58. The number of aryl methyl sites for hydroxylation is 1. The van der Waals surface area contributed by atoms with Gasteiger partial charge in [0.1, 0.15) is 11.9 Å². The molecule has 0 spiro atoms. The summed E-state index contributed by atoms with van der Waals surface area (Å²) >= 11 is 0. The average Bonchev–Trinajstić information content (AvgIpc) is 2.82. The molecule has 1 saturated heterocycles. The van der Waals surface area contributed by atoms with Crippen LogP contribution in [0.15, 0.2) is 18.2 Å². The van der Waals surface area contributed by atoms with Crippen molar-refractivity contribution >= 4 is 0 Å². The summed E-state index contributed by atoms with van der Waals surface area (Å²) in [5.74, 6) is 1.06. The zero-order valence-corrected chi connectivity index (χ0v) is 13.2. The highest BCUT2D eigenvalue weighted by Gasteiger charge is 2.29. The van der Waals surface area contributed by atoms with Gasteiger partial charge in [0.25, 0.3) is 0 Å². The van der Waals surface area contributed by atoms with Crippen LogP contribution in [-0.2, 0) is 6.42 Å². The van der Waals surface area contributed by atoms with Gasteiger partial charge in [-0.05, 0) is 51.3 Å². The number of hydrogen-bond acceptors (Lipinski definition) is 3. The quantitative estimate of drug-likeness (QED) is 0.925. The molecule has 3 rings (SSSR count). The van der Waals surface area contributed by atoms with E-state index in [9.17, 15) is 5.11 Å². The number of aliphatic hydroxyl groups excluding tert-OH is 1. The van der Waals surface area contributed by atoms with Gasteiger partial charge < -0.3 is 9.84 Å². The predicted molar refractivity (Wildman–Crippen MR) is 84.8 cm³/mol. The first-order valence-electron chi connectivity index (χ1n) is 8.30. The fraction of sp³-hybridized carbons (Fsp3) is 0.667. The highest BCUT2D eigenvalue weighted by Crippen LogP contribution is 2.31. The van der Waals surface area contributed by atoms with Crippen LogP contribution in [0.1, 0.15) is 43.7 Å². The van der Waals surface area contributed by atoms with E-state index >= 15 is 0 Å². The van der Waals surface area contributed by atoms with Gasteiger partial charge in [0, 0.05) is 19.0 Å². The van der Waals surface area contributed by atoms with Gasteiger partial charge in [0.05, 0.1) is 6.10 Å². The molecule has 0 aromatic heterocycles. The Morgan fingerprint density at radius 1 is 1.38 bits per heavy atom. The molecule has 0 bridgehead atoms. The lowest BCUT2D eigenvalue weighted by Crippen LogP contribution is -2.45. The standard InChI is InChI=1S/C18H27NO2/c1-13-6-7-18-15(9-13)11-17(21-18)12-19-8-4-3-5-16(19)10-14(2)20/h6-7,9,14,16-17,20H,3-5,8,10-12H2,1-2H3. The minimum atomic E-state index is -0.208. The molecule has 0 aliphatic carbocycles. The molecular formula is C18H27NO2. The number of likely N-dealkylation sites (tertiary alicyclic amines) is 1. The number of nitrogens with zero attached hydrogens (tertiary/aromatic N) is 1. The van der Waals surface area contributed by atoms with Crippen molar-refractivity contribution in [3.05, 3.63) is 29.3 Å². The summed E-state index contributed by atoms with van der Waals surface area (Å²) in [4.78, 5) is 2.54. The van der Waals surface area contributed by atoms with Crippen LogP contribution in [0.5, 0.6) is 5.75 Å². The van der Waals surface area contributed by atoms with Gasteiger partial charge in [0.2, 0.25) is 0 Å². The maximum atomic E-state index is 9.70. The molecule has 2 aliphatic rings. The largest absolute Gasteiger partial charge is 0.488 e. The minimum Gasteiger partial charge on any atom is -0.488 e. The first-order chi connectivity index (χ1) is 10.1. The van der Waals surface area contributed by atoms with Gasteiger partial charge in [-0.1, -0.05) is 24.1 Å². The second-order valence-corrected chi connectivity index (χ2v) is 6.78. The van der Waals surface area contributed by atoms with Crippen molar-refractivity contribution in [2.45, 2.75) is 64.2 Å². The maximum Gasteiger partial charge on any atom is 0.123 e. The van der Waals surface area contributed by atoms with Gasteiger partial charge in [-0.3, -0.25) is 4.90 Å². The van der Waals surface area contributed by atoms with Gasteiger partial charge in [-0.2, -0.15) is 0 Å². The molecule has 116 valence electrons. The van der Waals surface area contributed by atoms with Crippen molar-refractivity contribution in [1.29, 1.82) is 0 Å². The fourth-order valence-electron chi connectivity index (χ4n) is 3.77. The summed E-state index contributed by atoms with van der Waals surface area (Å²) in [5, 5.41) is 9.70. The molecule has 0 saturated carbocycles. The number of rotatable bonds is 4. The molecular weight excluding hydrogens is 262 g/mol. The van der Waals surface area contributed by atoms with Gasteiger partial charge in [-0.15, -0.1) is 0 Å². The Hall–Kier alpha value is -1.06. The third-order valence-electron chi connectivity index (χ3n) is 4.76. The van der Waals surface area contributed by atoms with Crippen molar-refractivity contribution in [1.82, 2.24) is 4.90 Å². The van der Waals surface area contributed by atoms with Crippen molar-refractivity contribution in [3.8, 4) is 5.75 Å². The number of fused-ring (bicyclic) bond motifs is 1. The van der Waals surface area contributed by atoms with Crippen LogP contribution in [0.3, 0.4) is 0 Å². The van der Waals surface area contributed by atoms with E-state index in [4.69, 9.17) is 4.74 Å². The highest BCUT2D eigenvalue weighted by molar-refractivity contribution is 5.40. The molecule has 2 heterocycles. The zero-order valence-electron chi connectivity index (χ0n) is 13.2. The molecule has 1 N–H and O–H groups in total. The lowest BCUT2D eigenvalue weighted by atomic mass is 9.96. The zero-order chi connectivity index (χ0) is 14.8. The smallest absolute Gasteiger partial charge is 0.123 e. The van der Waals surface area contributed by atoms with Crippen molar-refractivity contribution < 1.29 is 9.84 Å². The summed E-state index contributed by atoms with van der Waals surface area (Å²) in [6, 6.07) is 7.00. The van der Waals surface area contributed by atoms with E-state index in [0.29, 0.717) is 6.04 Å². The normalized spacial score (nSPS) is 27.2. The van der Waals surface area contributed by atoms with Crippen molar-refractivity contribution in [3.63, 3.8) is 0 Å². The van der Waals surface area contributed by atoms with Crippen LogP contribution >= 0.6 is 0 Å². The Balaban J connectivity index is 1.61. The molecule has 2 aliphatic heterocycles. The number of aliphatic hydroxyl groups is 1. The molecule has 3 atom stereocenters. The van der Waals surface area contributed by atoms with Crippen LogP contribution < -0.4 is 4.74 Å². The molecule has 1 fully saturated rings. The Morgan fingerprint density at radius 2 is 2.24 bits per heavy atom. The van der Waals surface area contributed by atoms with Crippen LogP contribution in [0, 0.1) is 6.92 Å².